The topological polar surface area (TPSA) is 97.6 Å². The van der Waals surface area contributed by atoms with Crippen molar-refractivity contribution < 1.29 is 13.8 Å². The highest BCUT2D eigenvalue weighted by Crippen LogP contribution is 2.41. The van der Waals surface area contributed by atoms with Crippen LogP contribution in [-0.2, 0) is 6.54 Å². The van der Waals surface area contributed by atoms with Gasteiger partial charge in [-0.05, 0) is 48.6 Å². The van der Waals surface area contributed by atoms with Gasteiger partial charge in [-0.2, -0.15) is 0 Å². The van der Waals surface area contributed by atoms with Crippen molar-refractivity contribution in [1.29, 1.82) is 0 Å². The number of pyridine rings is 1. The highest BCUT2D eigenvalue weighted by atomic mass is 32.1. The van der Waals surface area contributed by atoms with Gasteiger partial charge in [-0.25, -0.2) is 0 Å². The largest absolute Gasteiger partial charge is 0.467 e. The van der Waals surface area contributed by atoms with Crippen molar-refractivity contribution in [3.8, 4) is 11.3 Å². The number of thiocarbonyl (C=S) groups is 1. The first-order valence-corrected chi connectivity index (χ1v) is 10.4. The second kappa shape index (κ2) is 8.27. The molecule has 1 aliphatic heterocycles. The summed E-state index contributed by atoms with van der Waals surface area (Å²) in [6.45, 7) is 0.458. The van der Waals surface area contributed by atoms with Crippen LogP contribution in [0.25, 0.3) is 11.3 Å². The molecule has 0 radical (unpaired) electrons. The van der Waals surface area contributed by atoms with E-state index in [2.05, 4.69) is 10.3 Å². The third-order valence-corrected chi connectivity index (χ3v) is 5.72. The van der Waals surface area contributed by atoms with Crippen LogP contribution in [0, 0.1) is 10.1 Å². The second-order valence-corrected chi connectivity index (χ2v) is 7.73. The normalized spacial score (nSPS) is 18.0. The molecule has 160 valence electrons. The summed E-state index contributed by atoms with van der Waals surface area (Å²) in [5.74, 6) is 1.98. The maximum atomic E-state index is 11.2. The average molecular weight is 446 g/mol. The molecule has 8 nitrogen and oxygen atoms in total. The Morgan fingerprint density at radius 2 is 2.03 bits per heavy atom. The van der Waals surface area contributed by atoms with E-state index in [4.69, 9.17) is 21.1 Å². The Morgan fingerprint density at radius 3 is 2.78 bits per heavy atom. The minimum Gasteiger partial charge on any atom is -0.467 e. The molecule has 1 aromatic carbocycles. The Hall–Kier alpha value is -3.98. The number of hydrogen-bond acceptors (Lipinski definition) is 6. The zero-order chi connectivity index (χ0) is 22.1. The molecule has 9 heteroatoms. The highest BCUT2D eigenvalue weighted by Gasteiger charge is 2.42. The monoisotopic (exact) mass is 446 g/mol. The predicted molar refractivity (Wildman–Crippen MR) is 121 cm³/mol. The fourth-order valence-corrected chi connectivity index (χ4v) is 4.20. The van der Waals surface area contributed by atoms with E-state index >= 15 is 0 Å². The zero-order valence-electron chi connectivity index (χ0n) is 16.8. The van der Waals surface area contributed by atoms with Gasteiger partial charge in [0.05, 0.1) is 29.5 Å². The first kappa shape index (κ1) is 20.0. The lowest BCUT2D eigenvalue weighted by atomic mass is 10.0. The lowest BCUT2D eigenvalue weighted by Crippen LogP contribution is -2.28. The van der Waals surface area contributed by atoms with E-state index in [-0.39, 0.29) is 17.8 Å². The number of nitro benzene ring substituents is 1. The molecular weight excluding hydrogens is 428 g/mol. The van der Waals surface area contributed by atoms with E-state index < -0.39 is 4.92 Å². The molecule has 4 heterocycles. The summed E-state index contributed by atoms with van der Waals surface area (Å²) in [6.07, 6.45) is 3.36. The number of non-ortho nitro benzene ring substituents is 1. The molecule has 4 aromatic rings. The second-order valence-electron chi connectivity index (χ2n) is 7.34. The smallest absolute Gasteiger partial charge is 0.270 e. The number of nitro groups is 1. The standard InChI is InChI=1S/C23H18N4O4S/c28-27(29)16-6-3-5-15(13-16)19-9-10-20(31-19)22-21(18-8-1-2-11-24-18)25-23(32)26(22)14-17-7-4-12-30-17/h1-13,21-22H,14H2,(H,25,32)/t21-,22+/m1/s1. The van der Waals surface area contributed by atoms with Gasteiger partial charge in [0, 0.05) is 23.9 Å². The summed E-state index contributed by atoms with van der Waals surface area (Å²) in [5, 5.41) is 15.1. The molecule has 0 spiro atoms. The van der Waals surface area contributed by atoms with Crippen molar-refractivity contribution in [1.82, 2.24) is 15.2 Å². The van der Waals surface area contributed by atoms with Crippen LogP contribution in [0.3, 0.4) is 0 Å². The number of rotatable bonds is 6. The van der Waals surface area contributed by atoms with Crippen LogP contribution in [0.15, 0.2) is 88.0 Å². The van der Waals surface area contributed by atoms with Crippen molar-refractivity contribution in [3.05, 3.63) is 107 Å². The molecule has 0 saturated carbocycles. The van der Waals surface area contributed by atoms with E-state index in [9.17, 15) is 10.1 Å². The molecule has 32 heavy (non-hydrogen) atoms. The van der Waals surface area contributed by atoms with E-state index in [1.54, 1.807) is 24.6 Å². The van der Waals surface area contributed by atoms with Crippen molar-refractivity contribution in [2.24, 2.45) is 0 Å². The summed E-state index contributed by atoms with van der Waals surface area (Å²) in [5.41, 5.74) is 1.47. The number of hydrogen-bond donors (Lipinski definition) is 1. The molecule has 0 aliphatic carbocycles. The van der Waals surface area contributed by atoms with Gasteiger partial charge in [0.25, 0.3) is 5.69 Å². The zero-order valence-corrected chi connectivity index (χ0v) is 17.6. The number of nitrogens with zero attached hydrogens (tertiary/aromatic N) is 3. The van der Waals surface area contributed by atoms with Gasteiger partial charge >= 0.3 is 0 Å². The van der Waals surface area contributed by atoms with Crippen LogP contribution in [0.5, 0.6) is 0 Å². The van der Waals surface area contributed by atoms with Crippen LogP contribution < -0.4 is 5.32 Å². The third kappa shape index (κ3) is 3.74. The fraction of sp³-hybridized carbons (Fsp3) is 0.130. The van der Waals surface area contributed by atoms with Crippen LogP contribution >= 0.6 is 12.2 Å². The lowest BCUT2D eigenvalue weighted by molar-refractivity contribution is -0.384. The van der Waals surface area contributed by atoms with Crippen LogP contribution in [-0.4, -0.2) is 19.9 Å². The molecule has 3 aromatic heterocycles. The van der Waals surface area contributed by atoms with Gasteiger partial charge in [0.1, 0.15) is 23.3 Å². The number of aromatic nitrogens is 1. The first-order chi connectivity index (χ1) is 15.6. The van der Waals surface area contributed by atoms with E-state index in [0.29, 0.717) is 28.7 Å². The molecule has 1 fully saturated rings. The molecule has 0 amide bonds. The third-order valence-electron chi connectivity index (χ3n) is 5.36. The highest BCUT2D eigenvalue weighted by molar-refractivity contribution is 7.80. The van der Waals surface area contributed by atoms with E-state index in [0.717, 1.165) is 11.5 Å². The van der Waals surface area contributed by atoms with Crippen molar-refractivity contribution in [2.45, 2.75) is 18.6 Å². The van der Waals surface area contributed by atoms with Crippen LogP contribution in [0.1, 0.15) is 29.3 Å². The fourth-order valence-electron chi connectivity index (χ4n) is 3.89. The van der Waals surface area contributed by atoms with Gasteiger partial charge in [0.2, 0.25) is 0 Å². The quantitative estimate of drug-likeness (QED) is 0.251. The Balaban J connectivity index is 1.53. The Bertz CT molecular complexity index is 1260. The number of benzene rings is 1. The van der Waals surface area contributed by atoms with E-state index in [1.807, 2.05) is 47.4 Å². The summed E-state index contributed by atoms with van der Waals surface area (Å²) in [7, 11) is 0. The van der Waals surface area contributed by atoms with Crippen molar-refractivity contribution in [2.75, 3.05) is 0 Å². The summed E-state index contributed by atoms with van der Waals surface area (Å²) < 4.78 is 11.8. The maximum absolute atomic E-state index is 11.2. The first-order valence-electron chi connectivity index (χ1n) is 9.95. The molecule has 0 unspecified atom stereocenters. The van der Waals surface area contributed by atoms with Crippen LogP contribution in [0.2, 0.25) is 0 Å². The molecule has 1 aliphatic rings. The summed E-state index contributed by atoms with van der Waals surface area (Å²) in [6, 6.07) is 19.0. The minimum absolute atomic E-state index is 0.00923. The molecular formula is C23H18N4O4S. The maximum Gasteiger partial charge on any atom is 0.270 e. The van der Waals surface area contributed by atoms with Gasteiger partial charge in [-0.3, -0.25) is 15.1 Å². The molecule has 2 atom stereocenters. The van der Waals surface area contributed by atoms with Crippen molar-refractivity contribution in [3.63, 3.8) is 0 Å². The molecule has 0 bridgehead atoms. The Kier molecular flexibility index (Phi) is 5.16. The Labute approximate surface area is 188 Å². The van der Waals surface area contributed by atoms with E-state index in [1.165, 1.54) is 12.1 Å². The number of furan rings is 2. The minimum atomic E-state index is -0.422. The van der Waals surface area contributed by atoms with Gasteiger partial charge < -0.3 is 19.1 Å². The van der Waals surface area contributed by atoms with Gasteiger partial charge in [-0.1, -0.05) is 18.2 Å². The van der Waals surface area contributed by atoms with Gasteiger partial charge in [0.15, 0.2) is 5.11 Å². The van der Waals surface area contributed by atoms with Crippen LogP contribution in [0.4, 0.5) is 5.69 Å². The summed E-state index contributed by atoms with van der Waals surface area (Å²) >= 11 is 5.64. The summed E-state index contributed by atoms with van der Waals surface area (Å²) in [4.78, 5) is 17.3. The molecule has 5 rings (SSSR count). The number of nitrogens with one attached hydrogen (secondary N) is 1. The SMILES string of the molecule is O=[N+]([O-])c1cccc(-c2ccc([C@H]3[C@@H](c4ccccn4)NC(=S)N3Cc3ccco3)o2)c1. The predicted octanol–water partition coefficient (Wildman–Crippen LogP) is 5.02. The average Bonchev–Trinajstić information content (AvgIpc) is 3.56. The molecule has 1 saturated heterocycles. The van der Waals surface area contributed by atoms with Gasteiger partial charge in [-0.15, -0.1) is 0 Å². The van der Waals surface area contributed by atoms with Crippen molar-refractivity contribution >= 4 is 23.0 Å². The molecule has 1 N–H and O–H groups in total. The lowest BCUT2D eigenvalue weighted by Gasteiger charge is -2.25. The Morgan fingerprint density at radius 1 is 1.12 bits per heavy atom.